The SMILES string of the molecule is CC/C=C\C/C=C\C/C=C\C/C=C\C/C=C\C/C=C\C/C=C\CCCCCCCC(=O)NC(COP(=O)(O)OCC[N+](C)(C)C)C(O)/C=C/CCCCCCCCCCCCCCCCCCC. The summed E-state index contributed by atoms with van der Waals surface area (Å²) in [6, 6.07) is -0.864. The Morgan fingerprint density at radius 2 is 0.882 bits per heavy atom. The summed E-state index contributed by atoms with van der Waals surface area (Å²) in [6.07, 6.45) is 70.6. The van der Waals surface area contributed by atoms with Crippen molar-refractivity contribution in [1.82, 2.24) is 5.32 Å². The molecule has 0 saturated carbocycles. The summed E-state index contributed by atoms with van der Waals surface area (Å²) in [5, 5.41) is 13.9. The van der Waals surface area contributed by atoms with Crippen LogP contribution in [0.4, 0.5) is 0 Å². The molecule has 0 saturated heterocycles. The van der Waals surface area contributed by atoms with E-state index in [2.05, 4.69) is 104 Å². The number of nitrogens with zero attached hydrogens (tertiary/aromatic N) is 1. The Morgan fingerprint density at radius 1 is 0.515 bits per heavy atom. The largest absolute Gasteiger partial charge is 0.472 e. The van der Waals surface area contributed by atoms with E-state index in [9.17, 15) is 19.4 Å². The first kappa shape index (κ1) is 65.4. The average molecular weight is 970 g/mol. The number of nitrogens with one attached hydrogen (secondary N) is 1. The lowest BCUT2D eigenvalue weighted by atomic mass is 10.0. The number of aliphatic hydroxyl groups is 1. The predicted molar refractivity (Wildman–Crippen MR) is 295 cm³/mol. The highest BCUT2D eigenvalue weighted by atomic mass is 31.2. The fraction of sp³-hybridized carbons (Fsp3) is 0.712. The van der Waals surface area contributed by atoms with Gasteiger partial charge in [0, 0.05) is 6.42 Å². The van der Waals surface area contributed by atoms with E-state index in [4.69, 9.17) is 9.05 Å². The molecule has 392 valence electrons. The van der Waals surface area contributed by atoms with E-state index in [1.54, 1.807) is 6.08 Å². The Hall–Kier alpha value is -2.58. The highest BCUT2D eigenvalue weighted by Gasteiger charge is 2.27. The quantitative estimate of drug-likeness (QED) is 0.0243. The maximum absolute atomic E-state index is 13.0. The lowest BCUT2D eigenvalue weighted by Crippen LogP contribution is -2.45. The molecule has 8 nitrogen and oxygen atoms in total. The van der Waals surface area contributed by atoms with Gasteiger partial charge in [-0.2, -0.15) is 0 Å². The minimum absolute atomic E-state index is 0.0523. The molecule has 0 aliphatic rings. The van der Waals surface area contributed by atoms with Crippen LogP contribution in [0.3, 0.4) is 0 Å². The molecular weight excluding hydrogens is 864 g/mol. The third-order valence-electron chi connectivity index (χ3n) is 11.8. The van der Waals surface area contributed by atoms with Crippen molar-refractivity contribution in [3.05, 3.63) is 97.2 Å². The van der Waals surface area contributed by atoms with Crippen LogP contribution in [0.15, 0.2) is 97.2 Å². The second-order valence-electron chi connectivity index (χ2n) is 19.6. The van der Waals surface area contributed by atoms with Crippen LogP contribution in [-0.2, 0) is 18.4 Å². The Morgan fingerprint density at radius 3 is 1.29 bits per heavy atom. The summed E-state index contributed by atoms with van der Waals surface area (Å²) in [4.78, 5) is 23.3. The van der Waals surface area contributed by atoms with Gasteiger partial charge in [0.25, 0.3) is 0 Å². The monoisotopic (exact) mass is 970 g/mol. The number of unbranched alkanes of at least 4 members (excludes halogenated alkanes) is 22. The smallest absolute Gasteiger partial charge is 0.387 e. The Labute approximate surface area is 419 Å². The lowest BCUT2D eigenvalue weighted by molar-refractivity contribution is -0.870. The number of carbonyl (C=O) groups excluding carboxylic acids is 1. The number of hydrogen-bond donors (Lipinski definition) is 3. The average Bonchev–Trinajstić information content (AvgIpc) is 3.30. The Kier molecular flexibility index (Phi) is 47.5. The molecule has 0 aliphatic heterocycles. The first-order valence-corrected chi connectivity index (χ1v) is 29.1. The highest BCUT2D eigenvalue weighted by molar-refractivity contribution is 7.47. The van der Waals surface area contributed by atoms with Crippen molar-refractivity contribution in [2.24, 2.45) is 0 Å². The van der Waals surface area contributed by atoms with E-state index in [0.717, 1.165) is 103 Å². The second kappa shape index (κ2) is 49.4. The number of aliphatic hydroxyl groups excluding tert-OH is 1. The third-order valence-corrected chi connectivity index (χ3v) is 12.8. The molecule has 0 aromatic rings. The molecule has 3 atom stereocenters. The molecule has 0 spiro atoms. The van der Waals surface area contributed by atoms with Crippen molar-refractivity contribution in [1.29, 1.82) is 0 Å². The van der Waals surface area contributed by atoms with Crippen LogP contribution in [0, 0.1) is 0 Å². The molecule has 0 aromatic heterocycles. The summed E-state index contributed by atoms with van der Waals surface area (Å²) in [7, 11) is 1.55. The maximum Gasteiger partial charge on any atom is 0.472 e. The van der Waals surface area contributed by atoms with Gasteiger partial charge in [-0.15, -0.1) is 0 Å². The van der Waals surface area contributed by atoms with Gasteiger partial charge in [-0.05, 0) is 77.0 Å². The van der Waals surface area contributed by atoms with Gasteiger partial charge >= 0.3 is 7.82 Å². The van der Waals surface area contributed by atoms with Gasteiger partial charge in [0.15, 0.2) is 0 Å². The van der Waals surface area contributed by atoms with E-state index >= 15 is 0 Å². The molecule has 0 radical (unpaired) electrons. The number of amides is 1. The van der Waals surface area contributed by atoms with Crippen LogP contribution < -0.4 is 5.32 Å². The zero-order valence-electron chi connectivity index (χ0n) is 44.6. The first-order chi connectivity index (χ1) is 33.0. The molecule has 3 unspecified atom stereocenters. The van der Waals surface area contributed by atoms with Gasteiger partial charge in [0.2, 0.25) is 5.91 Å². The molecule has 0 rings (SSSR count). The molecule has 68 heavy (non-hydrogen) atoms. The predicted octanol–water partition coefficient (Wildman–Crippen LogP) is 16.6. The number of carbonyl (C=O) groups is 1. The van der Waals surface area contributed by atoms with Gasteiger partial charge < -0.3 is 19.8 Å². The lowest BCUT2D eigenvalue weighted by Gasteiger charge is -2.25. The maximum atomic E-state index is 13.0. The van der Waals surface area contributed by atoms with E-state index in [0.29, 0.717) is 17.4 Å². The Balaban J connectivity index is 4.34. The molecular formula is C59H106N2O6P+. The number of quaternary nitrogens is 1. The molecule has 0 fully saturated rings. The van der Waals surface area contributed by atoms with Crippen LogP contribution in [0.2, 0.25) is 0 Å². The molecule has 9 heteroatoms. The second-order valence-corrected chi connectivity index (χ2v) is 21.0. The summed E-state index contributed by atoms with van der Waals surface area (Å²) in [6.45, 7) is 4.69. The van der Waals surface area contributed by atoms with Gasteiger partial charge in [-0.25, -0.2) is 4.57 Å². The number of rotatable bonds is 49. The van der Waals surface area contributed by atoms with Crippen molar-refractivity contribution >= 4 is 13.7 Å². The molecule has 0 bridgehead atoms. The van der Waals surface area contributed by atoms with Crippen molar-refractivity contribution < 1.29 is 32.9 Å². The van der Waals surface area contributed by atoms with Gasteiger partial charge in [-0.3, -0.25) is 13.8 Å². The molecule has 1 amide bonds. The summed E-state index contributed by atoms with van der Waals surface area (Å²) < 4.78 is 23.7. The summed E-state index contributed by atoms with van der Waals surface area (Å²) >= 11 is 0. The molecule has 3 N–H and O–H groups in total. The first-order valence-electron chi connectivity index (χ1n) is 27.6. The molecule has 0 aromatic carbocycles. The van der Waals surface area contributed by atoms with Crippen molar-refractivity contribution in [3.8, 4) is 0 Å². The van der Waals surface area contributed by atoms with E-state index in [1.807, 2.05) is 27.2 Å². The standard InChI is InChI=1S/C59H105N2O6P/c1-6-8-10-12-14-16-18-20-22-24-26-27-28-29-30-31-32-33-35-37-39-41-43-45-47-49-51-53-59(63)60-57(56-67-68(64,65)66-55-54-61(3,4)5)58(62)52-50-48-46-44-42-40-38-36-34-25-23-21-19-17-15-13-11-9-7-2/h8,10,14,16,20,22,26-27,29-30,32-33,37,39,50,52,57-58,62H,6-7,9,11-13,15,17-19,21,23-25,28,31,34-36,38,40-49,51,53-56H2,1-5H3,(H-,60,63,64,65)/p+1/b10-8-,16-14-,22-20-,27-26-,30-29-,33-32-,39-37-,52-50+. The van der Waals surface area contributed by atoms with E-state index in [1.165, 1.54) is 96.3 Å². The third kappa shape index (κ3) is 51.3. The van der Waals surface area contributed by atoms with E-state index in [-0.39, 0.29) is 19.1 Å². The van der Waals surface area contributed by atoms with Crippen molar-refractivity contribution in [3.63, 3.8) is 0 Å². The molecule has 0 heterocycles. The van der Waals surface area contributed by atoms with Gasteiger partial charge in [0.1, 0.15) is 13.2 Å². The van der Waals surface area contributed by atoms with Crippen LogP contribution in [-0.4, -0.2) is 73.4 Å². The fourth-order valence-electron chi connectivity index (χ4n) is 7.49. The van der Waals surface area contributed by atoms with Crippen LogP contribution >= 0.6 is 7.82 Å². The van der Waals surface area contributed by atoms with Crippen molar-refractivity contribution in [2.45, 2.75) is 231 Å². The van der Waals surface area contributed by atoms with Crippen LogP contribution in [0.5, 0.6) is 0 Å². The summed E-state index contributed by atoms with van der Waals surface area (Å²) in [5.41, 5.74) is 0. The van der Waals surface area contributed by atoms with Crippen LogP contribution in [0.1, 0.15) is 219 Å². The number of likely N-dealkylation sites (N-methyl/N-ethyl adjacent to an activating group) is 1. The van der Waals surface area contributed by atoms with Crippen molar-refractivity contribution in [2.75, 3.05) is 40.9 Å². The number of hydrogen-bond acceptors (Lipinski definition) is 5. The normalized spacial score (nSPS) is 14.8. The van der Waals surface area contributed by atoms with E-state index < -0.39 is 20.0 Å². The molecule has 0 aliphatic carbocycles. The summed E-state index contributed by atoms with van der Waals surface area (Å²) in [5.74, 6) is -0.199. The Bertz CT molecular complexity index is 1420. The van der Waals surface area contributed by atoms with Gasteiger partial charge in [0.05, 0.1) is 39.9 Å². The van der Waals surface area contributed by atoms with Crippen LogP contribution in [0.25, 0.3) is 0 Å². The highest BCUT2D eigenvalue weighted by Crippen LogP contribution is 2.43. The minimum Gasteiger partial charge on any atom is -0.387 e. The zero-order valence-corrected chi connectivity index (χ0v) is 45.5. The number of allylic oxidation sites excluding steroid dienone is 15. The minimum atomic E-state index is -4.36. The number of phosphoric acid groups is 1. The zero-order chi connectivity index (χ0) is 49.9. The fourth-order valence-corrected chi connectivity index (χ4v) is 8.23. The van der Waals surface area contributed by atoms with Gasteiger partial charge in [-0.1, -0.05) is 233 Å². The topological polar surface area (TPSA) is 105 Å². The number of phosphoric ester groups is 1.